The summed E-state index contributed by atoms with van der Waals surface area (Å²) in [6.07, 6.45) is 2.25. The van der Waals surface area contributed by atoms with Crippen LogP contribution in [0.4, 0.5) is 0 Å². The fourth-order valence-corrected chi connectivity index (χ4v) is 1.90. The van der Waals surface area contributed by atoms with E-state index in [0.717, 1.165) is 17.8 Å². The first-order valence-corrected chi connectivity index (χ1v) is 6.74. The van der Waals surface area contributed by atoms with Crippen LogP contribution >= 0.6 is 11.3 Å². The molecule has 0 aromatic carbocycles. The lowest BCUT2D eigenvalue weighted by Crippen LogP contribution is -1.88. The van der Waals surface area contributed by atoms with Crippen molar-refractivity contribution < 1.29 is 0 Å². The lowest BCUT2D eigenvalue weighted by atomic mass is 10.2. The maximum Gasteiger partial charge on any atom is 0.0713 e. The van der Waals surface area contributed by atoms with E-state index in [4.69, 9.17) is 0 Å². The van der Waals surface area contributed by atoms with E-state index in [0.29, 0.717) is 0 Å². The molecule has 0 saturated heterocycles. The molecular weight excluding hydrogens is 214 g/mol. The second kappa shape index (κ2) is 7.18. The number of pyridine rings is 1. The minimum absolute atomic E-state index is 0.998. The number of hydrogen-bond acceptors (Lipinski definition) is 2. The molecule has 0 N–H and O–H groups in total. The van der Waals surface area contributed by atoms with Crippen molar-refractivity contribution in [2.45, 2.75) is 33.6 Å². The average molecular weight is 233 g/mol. The van der Waals surface area contributed by atoms with Gasteiger partial charge in [0.1, 0.15) is 0 Å². The zero-order valence-electron chi connectivity index (χ0n) is 10.2. The quantitative estimate of drug-likeness (QED) is 0.727. The van der Waals surface area contributed by atoms with Gasteiger partial charge in [0.05, 0.1) is 5.69 Å². The summed E-state index contributed by atoms with van der Waals surface area (Å²) < 4.78 is 0. The average Bonchev–Trinajstić information content (AvgIpc) is 2.84. The Labute approximate surface area is 102 Å². The molecule has 2 aromatic heterocycles. The molecule has 0 saturated carbocycles. The van der Waals surface area contributed by atoms with Gasteiger partial charge >= 0.3 is 0 Å². The van der Waals surface area contributed by atoms with Crippen LogP contribution in [-0.2, 0) is 6.42 Å². The highest BCUT2D eigenvalue weighted by Gasteiger charge is 1.99. The van der Waals surface area contributed by atoms with Crippen LogP contribution in [0.25, 0.3) is 11.3 Å². The Morgan fingerprint density at radius 3 is 2.44 bits per heavy atom. The van der Waals surface area contributed by atoms with Crippen LogP contribution in [0.3, 0.4) is 0 Å². The fraction of sp³-hybridized carbons (Fsp3) is 0.357. The van der Waals surface area contributed by atoms with E-state index in [2.05, 4.69) is 60.8 Å². The minimum atomic E-state index is 0.998. The van der Waals surface area contributed by atoms with Gasteiger partial charge in [0.15, 0.2) is 0 Å². The molecule has 1 nitrogen and oxygen atoms in total. The summed E-state index contributed by atoms with van der Waals surface area (Å²) in [5, 5.41) is 4.21. The molecule has 2 heteroatoms. The lowest BCUT2D eigenvalue weighted by Gasteiger charge is -1.99. The first-order chi connectivity index (χ1) is 7.81. The molecule has 0 spiro atoms. The van der Waals surface area contributed by atoms with E-state index >= 15 is 0 Å². The van der Waals surface area contributed by atoms with E-state index in [1.807, 2.05) is 0 Å². The normalized spacial score (nSPS) is 9.44. The van der Waals surface area contributed by atoms with Crippen molar-refractivity contribution in [3.8, 4) is 11.3 Å². The molecule has 0 bridgehead atoms. The van der Waals surface area contributed by atoms with Crippen LogP contribution in [0.5, 0.6) is 0 Å². The Morgan fingerprint density at radius 1 is 1.12 bits per heavy atom. The predicted octanol–water partition coefficient (Wildman–Crippen LogP) is 4.79. The molecule has 2 aromatic rings. The molecule has 86 valence electrons. The number of aryl methyl sites for hydroxylation is 1. The Bertz CT molecular complexity index is 393. The van der Waals surface area contributed by atoms with Gasteiger partial charge in [-0.25, -0.2) is 0 Å². The molecule has 0 aliphatic rings. The van der Waals surface area contributed by atoms with Crippen molar-refractivity contribution in [3.05, 3.63) is 40.7 Å². The van der Waals surface area contributed by atoms with Crippen LogP contribution in [0.15, 0.2) is 35.0 Å². The molecule has 2 heterocycles. The monoisotopic (exact) mass is 233 g/mol. The Kier molecular flexibility index (Phi) is 5.79. The van der Waals surface area contributed by atoms with Crippen molar-refractivity contribution >= 4 is 11.3 Å². The maximum absolute atomic E-state index is 4.54. The van der Waals surface area contributed by atoms with Crippen molar-refractivity contribution in [1.29, 1.82) is 0 Å². The molecule has 16 heavy (non-hydrogen) atoms. The van der Waals surface area contributed by atoms with Crippen molar-refractivity contribution in [2.75, 3.05) is 0 Å². The highest BCUT2D eigenvalue weighted by atomic mass is 32.1. The second-order valence-electron chi connectivity index (χ2n) is 3.59. The van der Waals surface area contributed by atoms with E-state index in [1.165, 1.54) is 12.0 Å². The van der Waals surface area contributed by atoms with E-state index in [1.54, 1.807) is 11.3 Å². The van der Waals surface area contributed by atoms with Gasteiger partial charge < -0.3 is 0 Å². The Hall–Kier alpha value is -1.15. The van der Waals surface area contributed by atoms with Gasteiger partial charge in [-0.2, -0.15) is 11.3 Å². The highest BCUT2D eigenvalue weighted by molar-refractivity contribution is 7.08. The van der Waals surface area contributed by atoms with Crippen molar-refractivity contribution in [1.82, 2.24) is 4.98 Å². The van der Waals surface area contributed by atoms with Crippen LogP contribution in [-0.4, -0.2) is 4.98 Å². The zero-order chi connectivity index (χ0) is 11.8. The molecule has 0 fully saturated rings. The SMILES string of the molecule is CCC.CCc1cccc(-c2ccsc2)n1. The molecule has 0 amide bonds. The third-order valence-corrected chi connectivity index (χ3v) is 2.67. The predicted molar refractivity (Wildman–Crippen MR) is 72.9 cm³/mol. The standard InChI is InChI=1S/C11H11NS.C3H8/c1-2-10-4-3-5-11(12-10)9-6-7-13-8-9;1-3-2/h3-8H,2H2,1H3;3H2,1-2H3. The fourth-order valence-electron chi connectivity index (χ4n) is 1.25. The van der Waals surface area contributed by atoms with E-state index in [9.17, 15) is 0 Å². The number of aromatic nitrogens is 1. The molecule has 0 radical (unpaired) electrons. The summed E-state index contributed by atoms with van der Waals surface area (Å²) in [6, 6.07) is 8.29. The number of rotatable bonds is 2. The van der Waals surface area contributed by atoms with Gasteiger partial charge in [-0.15, -0.1) is 0 Å². The topological polar surface area (TPSA) is 12.9 Å². The Balaban J connectivity index is 0.000000386. The van der Waals surface area contributed by atoms with Gasteiger partial charge in [0, 0.05) is 16.6 Å². The third-order valence-electron chi connectivity index (χ3n) is 1.99. The van der Waals surface area contributed by atoms with Crippen LogP contribution < -0.4 is 0 Å². The molecular formula is C14H19NS. The van der Waals surface area contributed by atoms with Crippen LogP contribution in [0, 0.1) is 0 Å². The highest BCUT2D eigenvalue weighted by Crippen LogP contribution is 2.19. The van der Waals surface area contributed by atoms with Gasteiger partial charge in [0.25, 0.3) is 0 Å². The first-order valence-electron chi connectivity index (χ1n) is 5.80. The number of nitrogens with zero attached hydrogens (tertiary/aromatic N) is 1. The van der Waals surface area contributed by atoms with Crippen molar-refractivity contribution in [2.24, 2.45) is 0 Å². The largest absolute Gasteiger partial charge is 0.253 e. The zero-order valence-corrected chi connectivity index (χ0v) is 11.1. The maximum atomic E-state index is 4.54. The molecule has 2 rings (SSSR count). The lowest BCUT2D eigenvalue weighted by molar-refractivity contribution is 1.04. The number of thiophene rings is 1. The summed E-state index contributed by atoms with van der Waals surface area (Å²) in [5.41, 5.74) is 3.46. The minimum Gasteiger partial charge on any atom is -0.253 e. The molecule has 0 unspecified atom stereocenters. The summed E-state index contributed by atoms with van der Waals surface area (Å²) >= 11 is 1.71. The van der Waals surface area contributed by atoms with E-state index in [-0.39, 0.29) is 0 Å². The Morgan fingerprint density at radius 2 is 1.88 bits per heavy atom. The third kappa shape index (κ3) is 3.78. The number of hydrogen-bond donors (Lipinski definition) is 0. The summed E-state index contributed by atoms with van der Waals surface area (Å²) in [6.45, 7) is 6.37. The smallest absolute Gasteiger partial charge is 0.0713 e. The van der Waals surface area contributed by atoms with Gasteiger partial charge in [0.2, 0.25) is 0 Å². The summed E-state index contributed by atoms with van der Waals surface area (Å²) in [5.74, 6) is 0. The van der Waals surface area contributed by atoms with Crippen LogP contribution in [0.1, 0.15) is 32.9 Å². The second-order valence-corrected chi connectivity index (χ2v) is 4.37. The van der Waals surface area contributed by atoms with Gasteiger partial charge in [-0.1, -0.05) is 33.3 Å². The first kappa shape index (κ1) is 12.9. The summed E-state index contributed by atoms with van der Waals surface area (Å²) in [7, 11) is 0. The summed E-state index contributed by atoms with van der Waals surface area (Å²) in [4.78, 5) is 4.54. The van der Waals surface area contributed by atoms with Crippen LogP contribution in [0.2, 0.25) is 0 Å². The van der Waals surface area contributed by atoms with Gasteiger partial charge in [-0.05, 0) is 30.0 Å². The van der Waals surface area contributed by atoms with Gasteiger partial charge in [-0.3, -0.25) is 4.98 Å². The molecule has 0 atom stereocenters. The van der Waals surface area contributed by atoms with E-state index < -0.39 is 0 Å². The molecule has 0 aliphatic carbocycles. The molecule has 0 aliphatic heterocycles. The van der Waals surface area contributed by atoms with Crippen molar-refractivity contribution in [3.63, 3.8) is 0 Å².